The van der Waals surface area contributed by atoms with Crippen molar-refractivity contribution in [3.63, 3.8) is 0 Å². The van der Waals surface area contributed by atoms with Crippen molar-refractivity contribution >= 4 is 17.5 Å². The highest BCUT2D eigenvalue weighted by Gasteiger charge is 2.23. The molecule has 3 rings (SSSR count). The molecular formula is C18H17ClN4O. The second kappa shape index (κ2) is 7.27. The van der Waals surface area contributed by atoms with Crippen LogP contribution in [-0.2, 0) is 11.3 Å². The van der Waals surface area contributed by atoms with Gasteiger partial charge in [-0.15, -0.1) is 0 Å². The first kappa shape index (κ1) is 16.2. The average molecular weight is 341 g/mol. The maximum Gasteiger partial charge on any atom is 0.243 e. The lowest BCUT2D eigenvalue weighted by atomic mass is 9.99. The first-order valence-corrected chi connectivity index (χ1v) is 7.90. The van der Waals surface area contributed by atoms with Gasteiger partial charge in [0, 0.05) is 36.9 Å². The molecule has 6 heteroatoms. The van der Waals surface area contributed by atoms with Crippen LogP contribution in [0.25, 0.3) is 0 Å². The van der Waals surface area contributed by atoms with Gasteiger partial charge in [0.1, 0.15) is 6.54 Å². The average Bonchev–Trinajstić information content (AvgIpc) is 3.10. The molecule has 0 saturated heterocycles. The Labute approximate surface area is 145 Å². The Kier molecular flexibility index (Phi) is 4.91. The van der Waals surface area contributed by atoms with E-state index in [1.165, 1.54) is 0 Å². The van der Waals surface area contributed by atoms with E-state index >= 15 is 0 Å². The van der Waals surface area contributed by atoms with Gasteiger partial charge in [-0.25, -0.2) is 4.98 Å². The molecule has 3 aromatic rings. The zero-order chi connectivity index (χ0) is 16.9. The number of benzene rings is 1. The molecular weight excluding hydrogens is 324 g/mol. The van der Waals surface area contributed by atoms with E-state index in [-0.39, 0.29) is 18.5 Å². The lowest BCUT2D eigenvalue weighted by Gasteiger charge is -2.29. The number of carbonyl (C=O) groups is 1. The van der Waals surface area contributed by atoms with Gasteiger partial charge in [-0.2, -0.15) is 0 Å². The van der Waals surface area contributed by atoms with Crippen molar-refractivity contribution < 1.29 is 4.79 Å². The Hall–Kier alpha value is -2.66. The molecule has 0 N–H and O–H groups in total. The van der Waals surface area contributed by atoms with E-state index in [0.717, 1.165) is 11.1 Å². The highest BCUT2D eigenvalue weighted by atomic mass is 35.5. The number of imidazole rings is 1. The van der Waals surface area contributed by atoms with Gasteiger partial charge in [0.05, 0.1) is 12.4 Å². The number of aromatic nitrogens is 3. The maximum atomic E-state index is 12.7. The van der Waals surface area contributed by atoms with Gasteiger partial charge in [0.2, 0.25) is 5.91 Å². The zero-order valence-corrected chi connectivity index (χ0v) is 14.0. The highest BCUT2D eigenvalue weighted by molar-refractivity contribution is 6.30. The second-order valence-electron chi connectivity index (χ2n) is 5.48. The van der Waals surface area contributed by atoms with Gasteiger partial charge in [0.15, 0.2) is 0 Å². The van der Waals surface area contributed by atoms with E-state index < -0.39 is 0 Å². The van der Waals surface area contributed by atoms with Gasteiger partial charge in [-0.1, -0.05) is 29.8 Å². The lowest BCUT2D eigenvalue weighted by Crippen LogP contribution is -2.34. The van der Waals surface area contributed by atoms with Crippen LogP contribution in [0.2, 0.25) is 5.02 Å². The van der Waals surface area contributed by atoms with E-state index in [4.69, 9.17) is 11.6 Å². The number of hydrogen-bond donors (Lipinski definition) is 0. The maximum absolute atomic E-state index is 12.7. The molecule has 0 radical (unpaired) electrons. The highest BCUT2D eigenvalue weighted by Crippen LogP contribution is 2.28. The molecule has 0 aliphatic rings. The SMILES string of the molecule is CN(C(=O)Cn1ccnc1)[C@@H](c1ccc(Cl)cc1)c1cccnc1. The summed E-state index contributed by atoms with van der Waals surface area (Å²) >= 11 is 6.00. The minimum Gasteiger partial charge on any atom is -0.333 e. The van der Waals surface area contributed by atoms with E-state index in [9.17, 15) is 4.79 Å². The zero-order valence-electron chi connectivity index (χ0n) is 13.2. The summed E-state index contributed by atoms with van der Waals surface area (Å²) in [5, 5.41) is 0.663. The van der Waals surface area contributed by atoms with Crippen LogP contribution >= 0.6 is 11.6 Å². The van der Waals surface area contributed by atoms with Gasteiger partial charge in [-0.05, 0) is 29.3 Å². The van der Waals surface area contributed by atoms with Crippen molar-refractivity contribution in [3.05, 3.63) is 83.7 Å². The molecule has 24 heavy (non-hydrogen) atoms. The summed E-state index contributed by atoms with van der Waals surface area (Å²) in [6, 6.07) is 11.1. The Bertz CT molecular complexity index is 788. The Morgan fingerprint density at radius 2 is 1.96 bits per heavy atom. The van der Waals surface area contributed by atoms with Crippen LogP contribution in [0.1, 0.15) is 17.2 Å². The Morgan fingerprint density at radius 3 is 2.58 bits per heavy atom. The summed E-state index contributed by atoms with van der Waals surface area (Å²) in [6.45, 7) is 0.237. The molecule has 5 nitrogen and oxygen atoms in total. The van der Waals surface area contributed by atoms with Crippen LogP contribution in [0.4, 0.5) is 0 Å². The lowest BCUT2D eigenvalue weighted by molar-refractivity contribution is -0.132. The van der Waals surface area contributed by atoms with E-state index in [2.05, 4.69) is 9.97 Å². The van der Waals surface area contributed by atoms with Crippen molar-refractivity contribution in [3.8, 4) is 0 Å². The number of nitrogens with zero attached hydrogens (tertiary/aromatic N) is 4. The van der Waals surface area contributed by atoms with Gasteiger partial charge in [0.25, 0.3) is 0 Å². The number of likely N-dealkylation sites (N-methyl/N-ethyl adjacent to an activating group) is 1. The summed E-state index contributed by atoms with van der Waals surface area (Å²) < 4.78 is 1.75. The van der Waals surface area contributed by atoms with Crippen molar-refractivity contribution in [1.82, 2.24) is 19.4 Å². The second-order valence-corrected chi connectivity index (χ2v) is 5.92. The minimum absolute atomic E-state index is 0.0168. The third-order valence-corrected chi connectivity index (χ3v) is 4.10. The third-order valence-electron chi connectivity index (χ3n) is 3.84. The molecule has 122 valence electrons. The van der Waals surface area contributed by atoms with Crippen LogP contribution in [0, 0.1) is 0 Å². The number of amides is 1. The van der Waals surface area contributed by atoms with Gasteiger partial charge >= 0.3 is 0 Å². The van der Waals surface area contributed by atoms with Crippen LogP contribution in [0.5, 0.6) is 0 Å². The fourth-order valence-corrected chi connectivity index (χ4v) is 2.74. The fraction of sp³-hybridized carbons (Fsp3) is 0.167. The monoisotopic (exact) mass is 340 g/mol. The summed E-state index contributed by atoms with van der Waals surface area (Å²) in [5.74, 6) is -0.0168. The number of carbonyl (C=O) groups excluding carboxylic acids is 1. The summed E-state index contributed by atoms with van der Waals surface area (Å²) in [5.41, 5.74) is 1.93. The smallest absolute Gasteiger partial charge is 0.243 e. The predicted octanol–water partition coefficient (Wildman–Crippen LogP) is 3.18. The molecule has 0 saturated carbocycles. The van der Waals surface area contributed by atoms with Gasteiger partial charge < -0.3 is 9.47 Å². The minimum atomic E-state index is -0.230. The first-order valence-electron chi connectivity index (χ1n) is 7.52. The number of hydrogen-bond acceptors (Lipinski definition) is 3. The van der Waals surface area contributed by atoms with Crippen molar-refractivity contribution in [2.75, 3.05) is 7.05 Å². The summed E-state index contributed by atoms with van der Waals surface area (Å²) in [6.07, 6.45) is 8.56. The molecule has 0 aliphatic heterocycles. The molecule has 0 spiro atoms. The first-order chi connectivity index (χ1) is 11.6. The quantitative estimate of drug-likeness (QED) is 0.716. The molecule has 1 amide bonds. The van der Waals surface area contributed by atoms with Crippen LogP contribution in [-0.4, -0.2) is 32.4 Å². The molecule has 2 aromatic heterocycles. The standard InChI is InChI=1S/C18H17ClN4O/c1-22(17(24)12-23-10-9-21-13-23)18(15-3-2-8-20-11-15)14-4-6-16(19)7-5-14/h2-11,13,18H,12H2,1H3/t18-/m0/s1. The molecule has 1 aromatic carbocycles. The fourth-order valence-electron chi connectivity index (χ4n) is 2.61. The predicted molar refractivity (Wildman–Crippen MR) is 92.5 cm³/mol. The molecule has 0 aliphatic carbocycles. The largest absolute Gasteiger partial charge is 0.333 e. The van der Waals surface area contributed by atoms with Crippen LogP contribution in [0.15, 0.2) is 67.5 Å². The van der Waals surface area contributed by atoms with Gasteiger partial charge in [-0.3, -0.25) is 9.78 Å². The molecule has 2 heterocycles. The number of pyridine rings is 1. The normalized spacial score (nSPS) is 11.9. The number of halogens is 1. The van der Waals surface area contributed by atoms with Crippen molar-refractivity contribution in [2.24, 2.45) is 0 Å². The number of rotatable bonds is 5. The molecule has 0 unspecified atom stereocenters. The molecule has 1 atom stereocenters. The summed E-state index contributed by atoms with van der Waals surface area (Å²) in [7, 11) is 1.80. The van der Waals surface area contributed by atoms with E-state index in [0.29, 0.717) is 5.02 Å². The Balaban J connectivity index is 1.91. The van der Waals surface area contributed by atoms with Crippen LogP contribution in [0.3, 0.4) is 0 Å². The van der Waals surface area contributed by atoms with Crippen molar-refractivity contribution in [2.45, 2.75) is 12.6 Å². The van der Waals surface area contributed by atoms with Crippen LogP contribution < -0.4 is 0 Å². The molecule has 0 bridgehead atoms. The van der Waals surface area contributed by atoms with E-state index in [1.807, 2.05) is 36.4 Å². The van der Waals surface area contributed by atoms with E-state index in [1.54, 1.807) is 47.6 Å². The topological polar surface area (TPSA) is 51.0 Å². The summed E-state index contributed by atoms with van der Waals surface area (Å²) in [4.78, 5) is 22.6. The molecule has 0 fully saturated rings. The Morgan fingerprint density at radius 1 is 1.17 bits per heavy atom. The van der Waals surface area contributed by atoms with Crippen molar-refractivity contribution in [1.29, 1.82) is 0 Å². The third kappa shape index (κ3) is 3.63.